The number of carbonyl (C=O) groups excluding carboxylic acids is 1. The van der Waals surface area contributed by atoms with Crippen LogP contribution in [0.15, 0.2) is 0 Å². The second-order valence-electron chi connectivity index (χ2n) is 11.4. The predicted molar refractivity (Wildman–Crippen MR) is 135 cm³/mol. The van der Waals surface area contributed by atoms with Gasteiger partial charge in [0.25, 0.3) is 0 Å². The molecule has 0 aromatic rings. The van der Waals surface area contributed by atoms with E-state index >= 15 is 0 Å². The van der Waals surface area contributed by atoms with E-state index in [2.05, 4.69) is 13.8 Å². The minimum absolute atomic E-state index is 0.429. The maximum absolute atomic E-state index is 13.6. The minimum atomic E-state index is -0.824. The highest BCUT2D eigenvalue weighted by Crippen LogP contribution is 2.74. The van der Waals surface area contributed by atoms with Gasteiger partial charge in [0.05, 0.1) is 10.8 Å². The lowest BCUT2D eigenvalue weighted by molar-refractivity contribution is -0.172. The molecule has 0 aromatic carbocycles. The molecule has 0 heterocycles. The zero-order chi connectivity index (χ0) is 22.4. The van der Waals surface area contributed by atoms with E-state index in [1.165, 1.54) is 77.0 Å². The summed E-state index contributed by atoms with van der Waals surface area (Å²) in [4.78, 5) is 13.6. The fraction of sp³-hybridized carbons (Fsp3) is 0.964. The van der Waals surface area contributed by atoms with Crippen molar-refractivity contribution in [3.05, 3.63) is 0 Å². The van der Waals surface area contributed by atoms with Crippen LogP contribution >= 0.6 is 23.2 Å². The molecule has 0 amide bonds. The third-order valence-corrected chi connectivity index (χ3v) is 10.9. The minimum Gasteiger partial charge on any atom is -0.298 e. The van der Waals surface area contributed by atoms with Crippen LogP contribution in [0.2, 0.25) is 0 Å². The molecule has 1 nitrogen and oxygen atoms in total. The Balaban J connectivity index is 1.44. The van der Waals surface area contributed by atoms with Crippen LogP contribution in [-0.4, -0.2) is 10.1 Å². The first-order valence-electron chi connectivity index (χ1n) is 13.9. The third kappa shape index (κ3) is 5.18. The topological polar surface area (TPSA) is 17.1 Å². The van der Waals surface area contributed by atoms with Crippen molar-refractivity contribution in [1.82, 2.24) is 0 Å². The summed E-state index contributed by atoms with van der Waals surface area (Å²) in [6.07, 6.45) is 24.5. The lowest BCUT2D eigenvalue weighted by atomic mass is 9.42. The van der Waals surface area contributed by atoms with Crippen molar-refractivity contribution in [3.8, 4) is 0 Å². The van der Waals surface area contributed by atoms with Gasteiger partial charge in [-0.25, -0.2) is 0 Å². The van der Waals surface area contributed by atoms with Crippen LogP contribution in [0.25, 0.3) is 0 Å². The van der Waals surface area contributed by atoms with Crippen molar-refractivity contribution >= 4 is 29.0 Å². The summed E-state index contributed by atoms with van der Waals surface area (Å²) in [5, 5.41) is 0. The van der Waals surface area contributed by atoms with Gasteiger partial charge in [-0.2, -0.15) is 0 Å². The molecule has 3 fully saturated rings. The number of halogens is 2. The highest BCUT2D eigenvalue weighted by Gasteiger charge is 2.78. The molecule has 3 rings (SSSR count). The summed E-state index contributed by atoms with van der Waals surface area (Å²) < 4.78 is -0.824. The molecule has 180 valence electrons. The molecule has 3 aliphatic rings. The molecule has 0 unspecified atom stereocenters. The van der Waals surface area contributed by atoms with Crippen molar-refractivity contribution in [2.75, 3.05) is 0 Å². The Morgan fingerprint density at radius 1 is 0.645 bits per heavy atom. The highest BCUT2D eigenvalue weighted by atomic mass is 35.5. The highest BCUT2D eigenvalue weighted by molar-refractivity contribution is 6.55. The van der Waals surface area contributed by atoms with E-state index in [9.17, 15) is 4.79 Å². The van der Waals surface area contributed by atoms with Crippen LogP contribution in [0.5, 0.6) is 0 Å². The Hall–Kier alpha value is 0.250. The van der Waals surface area contributed by atoms with E-state index in [1.54, 1.807) is 0 Å². The normalized spacial score (nSPS) is 34.9. The van der Waals surface area contributed by atoms with Gasteiger partial charge >= 0.3 is 0 Å². The van der Waals surface area contributed by atoms with Crippen LogP contribution in [0.3, 0.4) is 0 Å². The lowest BCUT2D eigenvalue weighted by Crippen LogP contribution is -2.74. The number of Topliss-reactive ketones (excluding diaryl/α,β-unsaturated/α-hetero) is 1. The van der Waals surface area contributed by atoms with Crippen molar-refractivity contribution < 1.29 is 4.79 Å². The predicted octanol–water partition coefficient (Wildman–Crippen LogP) is 9.82. The van der Waals surface area contributed by atoms with Crippen LogP contribution in [-0.2, 0) is 4.79 Å². The van der Waals surface area contributed by atoms with Gasteiger partial charge in [-0.15, -0.1) is 0 Å². The van der Waals surface area contributed by atoms with E-state index in [0.29, 0.717) is 5.78 Å². The molecule has 0 aliphatic heterocycles. The van der Waals surface area contributed by atoms with Crippen LogP contribution in [0, 0.1) is 22.7 Å². The smallest absolute Gasteiger partial charge is 0.151 e. The van der Waals surface area contributed by atoms with Crippen molar-refractivity contribution in [1.29, 1.82) is 0 Å². The zero-order valence-corrected chi connectivity index (χ0v) is 22.0. The molecule has 0 saturated heterocycles. The largest absolute Gasteiger partial charge is 0.298 e. The monoisotopic (exact) mass is 470 g/mol. The summed E-state index contributed by atoms with van der Waals surface area (Å²) in [6.45, 7) is 4.54. The van der Waals surface area contributed by atoms with Crippen molar-refractivity contribution in [3.63, 3.8) is 0 Å². The number of unbranched alkanes of at least 4 members (excludes halogenated alkanes) is 8. The first-order chi connectivity index (χ1) is 14.9. The molecule has 0 aromatic heterocycles. The summed E-state index contributed by atoms with van der Waals surface area (Å²) in [7, 11) is 0. The average molecular weight is 472 g/mol. The maximum atomic E-state index is 13.6. The standard InChI is InChI=1S/C28H48Cl2O/c1-3-5-7-9-11-13-23-15-19-26(20-16-23)25(31)27(28(26,29)30)21-17-24(18-22-27)14-12-10-8-6-4-2/h23-24H,3-22H2,1-2H3/t23?,24?,26-,27-. The summed E-state index contributed by atoms with van der Waals surface area (Å²) in [5.74, 6) is 2.01. The van der Waals surface area contributed by atoms with Crippen LogP contribution < -0.4 is 0 Å². The van der Waals surface area contributed by atoms with Gasteiger partial charge in [0.2, 0.25) is 0 Å². The SMILES string of the molecule is CCCCCCCC1CC[C@]2(CC1)C(=O)[C@@]1(CCC(CCCCCCC)CC1)C2(Cl)Cl. The Labute approximate surface area is 202 Å². The summed E-state index contributed by atoms with van der Waals surface area (Å²) in [6, 6.07) is 0. The van der Waals surface area contributed by atoms with E-state index < -0.39 is 15.2 Å². The third-order valence-electron chi connectivity index (χ3n) is 9.42. The number of rotatable bonds is 12. The van der Waals surface area contributed by atoms with Crippen molar-refractivity contribution in [2.24, 2.45) is 22.7 Å². The van der Waals surface area contributed by atoms with Gasteiger partial charge in [0, 0.05) is 0 Å². The van der Waals surface area contributed by atoms with Crippen LogP contribution in [0.4, 0.5) is 0 Å². The van der Waals surface area contributed by atoms with Gasteiger partial charge in [0.1, 0.15) is 4.33 Å². The Morgan fingerprint density at radius 2 is 1.00 bits per heavy atom. The lowest BCUT2D eigenvalue weighted by Gasteiger charge is -2.67. The zero-order valence-electron chi connectivity index (χ0n) is 20.5. The molecular formula is C28H48Cl2O. The number of hydrogen-bond acceptors (Lipinski definition) is 1. The maximum Gasteiger partial charge on any atom is 0.151 e. The first kappa shape index (κ1) is 25.9. The first-order valence-corrected chi connectivity index (χ1v) is 14.6. The van der Waals surface area contributed by atoms with Crippen LogP contribution in [0.1, 0.15) is 142 Å². The Kier molecular flexibility index (Phi) is 9.67. The van der Waals surface area contributed by atoms with E-state index in [1.807, 2.05) is 0 Å². The second kappa shape index (κ2) is 11.6. The summed E-state index contributed by atoms with van der Waals surface area (Å²) in [5.41, 5.74) is -0.858. The number of ketones is 1. The fourth-order valence-electron chi connectivity index (χ4n) is 7.21. The van der Waals surface area contributed by atoms with Gasteiger partial charge < -0.3 is 0 Å². The molecule has 2 spiro atoms. The molecular weight excluding hydrogens is 423 g/mol. The van der Waals surface area contributed by atoms with Gasteiger partial charge in [-0.05, 0) is 63.2 Å². The van der Waals surface area contributed by atoms with Crippen molar-refractivity contribution in [2.45, 2.75) is 147 Å². The van der Waals surface area contributed by atoms with E-state index in [0.717, 1.165) is 63.2 Å². The summed E-state index contributed by atoms with van der Waals surface area (Å²) >= 11 is 14.3. The molecule has 0 bridgehead atoms. The number of carbonyl (C=O) groups is 1. The molecule has 3 saturated carbocycles. The Morgan fingerprint density at radius 3 is 1.32 bits per heavy atom. The quantitative estimate of drug-likeness (QED) is 0.204. The van der Waals surface area contributed by atoms with E-state index in [4.69, 9.17) is 23.2 Å². The molecule has 0 radical (unpaired) electrons. The van der Waals surface area contributed by atoms with E-state index in [-0.39, 0.29) is 0 Å². The molecule has 3 aliphatic carbocycles. The number of alkyl halides is 2. The molecule has 31 heavy (non-hydrogen) atoms. The number of hydrogen-bond donors (Lipinski definition) is 0. The molecule has 3 heteroatoms. The molecule has 0 atom stereocenters. The average Bonchev–Trinajstić information content (AvgIpc) is 2.79. The Bertz CT molecular complexity index is 507. The van der Waals surface area contributed by atoms with Gasteiger partial charge in [-0.1, -0.05) is 114 Å². The molecule has 0 N–H and O–H groups in total. The fourth-order valence-corrected chi connectivity index (χ4v) is 8.31. The second-order valence-corrected chi connectivity index (χ2v) is 12.7. The van der Waals surface area contributed by atoms with Gasteiger partial charge in [0.15, 0.2) is 5.78 Å². The van der Waals surface area contributed by atoms with Gasteiger partial charge in [-0.3, -0.25) is 4.79 Å².